The van der Waals surface area contributed by atoms with Gasteiger partial charge in [0, 0.05) is 43.3 Å². The monoisotopic (exact) mass is 472 g/mol. The van der Waals surface area contributed by atoms with Gasteiger partial charge in [-0.25, -0.2) is 4.98 Å². The van der Waals surface area contributed by atoms with Gasteiger partial charge < -0.3 is 16.1 Å². The molecular weight excluding hydrogens is 445 g/mol. The minimum Gasteiger partial charge on any atom is -0.383 e. The zero-order chi connectivity index (χ0) is 26.1. The normalized spacial score (nSPS) is 15.3. The summed E-state index contributed by atoms with van der Waals surface area (Å²) in [6.45, 7) is 6.80. The van der Waals surface area contributed by atoms with Crippen molar-refractivity contribution < 1.29 is 5.76 Å². The highest BCUT2D eigenvalue weighted by atomic mass is 19.1. The minimum atomic E-state index is -1.63. The van der Waals surface area contributed by atoms with Gasteiger partial charge in [0.25, 0.3) is 0 Å². The first-order valence-electron chi connectivity index (χ1n) is 11.4. The zero-order valence-corrected chi connectivity index (χ0v) is 19.9. The van der Waals surface area contributed by atoms with Crippen molar-refractivity contribution in [1.82, 2.24) is 25.9 Å². The summed E-state index contributed by atoms with van der Waals surface area (Å²) < 4.78 is 22.9. The standard InChI is InChI=1S/C25H26FN9/c1-25(2,3)14-31-23-17(10-28)12-30-22-16(9-27)7-18(8-19(22)23)32-24(20-13-35(4)34-33-20)15-5-6-21(26)29-11-15/h5-8,11-13,24,32-34H,14H2,1-4H3,(H,30,31)/i24D. The lowest BCUT2D eigenvalue weighted by Crippen LogP contribution is -2.35. The van der Waals surface area contributed by atoms with Gasteiger partial charge >= 0.3 is 0 Å². The van der Waals surface area contributed by atoms with Crippen molar-refractivity contribution in [2.75, 3.05) is 24.2 Å². The largest absolute Gasteiger partial charge is 0.383 e. The Bertz CT molecular complexity index is 1420. The van der Waals surface area contributed by atoms with Gasteiger partial charge in [0.2, 0.25) is 5.95 Å². The first-order valence-corrected chi connectivity index (χ1v) is 10.9. The lowest BCUT2D eigenvalue weighted by molar-refractivity contribution is 0.326. The Morgan fingerprint density at radius 3 is 2.54 bits per heavy atom. The number of rotatable bonds is 6. The fourth-order valence-corrected chi connectivity index (χ4v) is 3.59. The number of halogens is 1. The van der Waals surface area contributed by atoms with Gasteiger partial charge in [0.1, 0.15) is 12.1 Å². The summed E-state index contributed by atoms with van der Waals surface area (Å²) in [5.41, 5.74) is 8.62. The number of hydrogen-bond donors (Lipinski definition) is 4. The molecule has 9 nitrogen and oxygen atoms in total. The second-order valence-electron chi connectivity index (χ2n) is 9.36. The van der Waals surface area contributed by atoms with E-state index < -0.39 is 12.0 Å². The molecule has 1 unspecified atom stereocenters. The van der Waals surface area contributed by atoms with Crippen LogP contribution in [0.25, 0.3) is 10.9 Å². The molecule has 0 radical (unpaired) electrons. The first kappa shape index (κ1) is 22.4. The molecule has 35 heavy (non-hydrogen) atoms. The highest BCUT2D eigenvalue weighted by molar-refractivity contribution is 5.99. The third-order valence-corrected chi connectivity index (χ3v) is 5.25. The van der Waals surface area contributed by atoms with Crippen LogP contribution < -0.4 is 21.6 Å². The average Bonchev–Trinajstić information content (AvgIpc) is 3.28. The first-order chi connectivity index (χ1) is 17.0. The minimum absolute atomic E-state index is 0.0677. The Balaban J connectivity index is 1.88. The quantitative estimate of drug-likeness (QED) is 0.395. The Morgan fingerprint density at radius 2 is 1.94 bits per heavy atom. The van der Waals surface area contributed by atoms with Gasteiger partial charge in [-0.2, -0.15) is 14.9 Å². The van der Waals surface area contributed by atoms with Crippen LogP contribution in [0.3, 0.4) is 0 Å². The van der Waals surface area contributed by atoms with Crippen molar-refractivity contribution in [2.45, 2.75) is 26.8 Å². The van der Waals surface area contributed by atoms with E-state index >= 15 is 0 Å². The van der Waals surface area contributed by atoms with Crippen LogP contribution in [-0.4, -0.2) is 28.6 Å². The highest BCUT2D eigenvalue weighted by Crippen LogP contribution is 2.34. The lowest BCUT2D eigenvalue weighted by Gasteiger charge is -2.23. The molecule has 0 aliphatic carbocycles. The predicted molar refractivity (Wildman–Crippen MR) is 132 cm³/mol. The van der Waals surface area contributed by atoms with Gasteiger partial charge in [0.15, 0.2) is 0 Å². The molecule has 178 valence electrons. The fraction of sp³-hybridized carbons (Fsp3) is 0.280. The maximum atomic E-state index is 13.6. The molecule has 1 aromatic carbocycles. The van der Waals surface area contributed by atoms with Crippen molar-refractivity contribution in [1.29, 1.82) is 10.5 Å². The topological polar surface area (TPSA) is 125 Å². The van der Waals surface area contributed by atoms with E-state index in [1.165, 1.54) is 24.5 Å². The van der Waals surface area contributed by atoms with Crippen LogP contribution in [0.5, 0.6) is 0 Å². The van der Waals surface area contributed by atoms with E-state index in [-0.39, 0.29) is 11.0 Å². The number of nitriles is 2. The van der Waals surface area contributed by atoms with Crippen LogP contribution in [0.1, 0.15) is 44.9 Å². The molecule has 0 bridgehead atoms. The van der Waals surface area contributed by atoms with Crippen molar-refractivity contribution in [3.05, 3.63) is 71.2 Å². The number of hydrogen-bond acceptors (Lipinski definition) is 9. The van der Waals surface area contributed by atoms with Gasteiger partial charge in [-0.05, 0) is 29.2 Å². The second-order valence-corrected chi connectivity index (χ2v) is 9.36. The van der Waals surface area contributed by atoms with Crippen molar-refractivity contribution in [3.8, 4) is 12.1 Å². The maximum absolute atomic E-state index is 13.6. The third kappa shape index (κ3) is 5.24. The van der Waals surface area contributed by atoms with Gasteiger partial charge in [-0.1, -0.05) is 26.8 Å². The fourth-order valence-electron chi connectivity index (χ4n) is 3.59. The summed E-state index contributed by atoms with van der Waals surface area (Å²) in [5.74, 6) is -0.660. The number of aromatic nitrogens is 2. The number of benzene rings is 1. The van der Waals surface area contributed by atoms with E-state index in [1.54, 1.807) is 30.4 Å². The summed E-state index contributed by atoms with van der Waals surface area (Å²) >= 11 is 0. The van der Waals surface area contributed by atoms with Crippen LogP contribution in [-0.2, 0) is 0 Å². The van der Waals surface area contributed by atoms with E-state index in [2.05, 4.69) is 64.5 Å². The van der Waals surface area contributed by atoms with Crippen molar-refractivity contribution in [3.63, 3.8) is 0 Å². The summed E-state index contributed by atoms with van der Waals surface area (Å²) in [4.78, 5) is 8.09. The van der Waals surface area contributed by atoms with E-state index in [0.29, 0.717) is 45.6 Å². The van der Waals surface area contributed by atoms with E-state index in [9.17, 15) is 16.3 Å². The molecule has 1 aliphatic heterocycles. The summed E-state index contributed by atoms with van der Waals surface area (Å²) in [6.07, 6.45) is 4.42. The molecule has 3 heterocycles. The molecule has 0 spiro atoms. The molecule has 0 saturated heterocycles. The van der Waals surface area contributed by atoms with Crippen molar-refractivity contribution in [2.24, 2.45) is 5.41 Å². The molecular formula is C25H26FN9. The van der Waals surface area contributed by atoms with Crippen LogP contribution in [0.15, 0.2) is 48.6 Å². The molecule has 0 saturated carbocycles. The third-order valence-electron chi connectivity index (χ3n) is 5.25. The summed E-state index contributed by atoms with van der Waals surface area (Å²) in [5, 5.41) is 28.3. The van der Waals surface area contributed by atoms with E-state index in [4.69, 9.17) is 0 Å². The summed E-state index contributed by atoms with van der Waals surface area (Å²) in [6, 6.07) is 8.72. The molecule has 2 aromatic heterocycles. The zero-order valence-electron chi connectivity index (χ0n) is 20.9. The predicted octanol–water partition coefficient (Wildman–Crippen LogP) is 3.92. The number of nitrogens with zero attached hydrogens (tertiary/aromatic N) is 5. The van der Waals surface area contributed by atoms with Crippen LogP contribution >= 0.6 is 0 Å². The Hall–Kier alpha value is -4.41. The number of anilines is 2. The van der Waals surface area contributed by atoms with Gasteiger partial charge in [-0.15, -0.1) is 5.53 Å². The summed E-state index contributed by atoms with van der Waals surface area (Å²) in [7, 11) is 1.76. The SMILES string of the molecule is [2H]C(Nc1cc(C#N)c2ncc(C#N)c(NCC(C)(C)C)c2c1)(C1=CN(C)NN1)c1ccc(F)nc1. The average molecular weight is 473 g/mol. The Labute approximate surface area is 204 Å². The molecule has 1 aliphatic rings. The maximum Gasteiger partial charge on any atom is 0.212 e. The highest BCUT2D eigenvalue weighted by Gasteiger charge is 2.23. The van der Waals surface area contributed by atoms with Crippen LogP contribution in [0.2, 0.25) is 0 Å². The molecule has 10 heteroatoms. The molecule has 0 amide bonds. The number of pyridine rings is 2. The molecule has 0 fully saturated rings. The Kier molecular flexibility index (Phi) is 6.04. The van der Waals surface area contributed by atoms with E-state index in [1.807, 2.05) is 0 Å². The number of fused-ring (bicyclic) bond motifs is 1. The Morgan fingerprint density at radius 1 is 1.17 bits per heavy atom. The number of nitrogens with one attached hydrogen (secondary N) is 4. The van der Waals surface area contributed by atoms with Gasteiger partial charge in [-0.3, -0.25) is 9.99 Å². The lowest BCUT2D eigenvalue weighted by atomic mass is 9.96. The molecule has 4 rings (SSSR count). The van der Waals surface area contributed by atoms with Crippen LogP contribution in [0, 0.1) is 34.0 Å². The smallest absolute Gasteiger partial charge is 0.212 e. The molecule has 4 N–H and O–H groups in total. The van der Waals surface area contributed by atoms with Gasteiger partial charge in [0.05, 0.1) is 35.4 Å². The molecule has 1 atom stereocenters. The van der Waals surface area contributed by atoms with Crippen molar-refractivity contribution >= 4 is 22.3 Å². The number of hydrazine groups is 2. The molecule has 3 aromatic rings. The van der Waals surface area contributed by atoms with Crippen LogP contribution in [0.4, 0.5) is 15.8 Å². The second kappa shape index (κ2) is 9.45. The van der Waals surface area contributed by atoms with E-state index in [0.717, 1.165) is 0 Å².